The predicted molar refractivity (Wildman–Crippen MR) is 73.9 cm³/mol. The highest BCUT2D eigenvalue weighted by molar-refractivity contribution is 5.77. The third-order valence-electron chi connectivity index (χ3n) is 3.15. The molecule has 1 aliphatic carbocycles. The molecule has 3 heteroatoms. The Kier molecular flexibility index (Phi) is 2.58. The van der Waals surface area contributed by atoms with Gasteiger partial charge in [0.05, 0.1) is 0 Å². The van der Waals surface area contributed by atoms with Gasteiger partial charge in [-0.1, -0.05) is 20.8 Å². The number of oxazole rings is 1. The van der Waals surface area contributed by atoms with Crippen molar-refractivity contribution in [3.63, 3.8) is 0 Å². The van der Waals surface area contributed by atoms with Crippen molar-refractivity contribution in [2.75, 3.05) is 11.9 Å². The molecule has 1 N–H and O–H groups in total. The van der Waals surface area contributed by atoms with Crippen LogP contribution in [0.5, 0.6) is 0 Å². The first-order valence-electron chi connectivity index (χ1n) is 6.66. The van der Waals surface area contributed by atoms with Gasteiger partial charge >= 0.3 is 0 Å². The minimum atomic E-state index is 0.276. The van der Waals surface area contributed by atoms with Crippen molar-refractivity contribution in [2.24, 2.45) is 5.41 Å². The molecule has 1 aliphatic rings. The molecular formula is C15H20N2O. The summed E-state index contributed by atoms with van der Waals surface area (Å²) >= 11 is 0. The first-order valence-corrected chi connectivity index (χ1v) is 6.66. The highest BCUT2D eigenvalue weighted by atomic mass is 16.3. The summed E-state index contributed by atoms with van der Waals surface area (Å²) in [6, 6.07) is 6.16. The van der Waals surface area contributed by atoms with Crippen molar-refractivity contribution >= 4 is 16.8 Å². The van der Waals surface area contributed by atoms with Crippen molar-refractivity contribution in [1.29, 1.82) is 0 Å². The molecule has 1 saturated carbocycles. The molecule has 1 aromatic carbocycles. The number of fused-ring (bicyclic) bond motifs is 1. The molecule has 0 atom stereocenters. The van der Waals surface area contributed by atoms with Crippen molar-refractivity contribution in [2.45, 2.75) is 39.5 Å². The summed E-state index contributed by atoms with van der Waals surface area (Å²) in [6.07, 6.45) is 2.45. The maximum atomic E-state index is 5.75. The topological polar surface area (TPSA) is 38.1 Å². The van der Waals surface area contributed by atoms with E-state index in [9.17, 15) is 0 Å². The third-order valence-corrected chi connectivity index (χ3v) is 3.15. The van der Waals surface area contributed by atoms with E-state index in [2.05, 4.69) is 43.2 Å². The van der Waals surface area contributed by atoms with E-state index in [0.717, 1.165) is 29.2 Å². The Morgan fingerprint density at radius 2 is 2.11 bits per heavy atom. The van der Waals surface area contributed by atoms with E-state index < -0.39 is 0 Å². The number of nitrogens with zero attached hydrogens (tertiary/aromatic N) is 1. The minimum Gasteiger partial charge on any atom is -0.440 e. The molecule has 0 amide bonds. The Morgan fingerprint density at radius 1 is 1.33 bits per heavy atom. The average Bonchev–Trinajstić information content (AvgIpc) is 3.05. The van der Waals surface area contributed by atoms with E-state index in [0.29, 0.717) is 5.92 Å². The number of aromatic nitrogens is 1. The number of rotatable bonds is 3. The molecule has 0 saturated heterocycles. The van der Waals surface area contributed by atoms with Crippen LogP contribution in [0.4, 0.5) is 5.69 Å². The summed E-state index contributed by atoms with van der Waals surface area (Å²) in [5.74, 6) is 1.49. The maximum Gasteiger partial charge on any atom is 0.198 e. The van der Waals surface area contributed by atoms with Crippen LogP contribution in [-0.2, 0) is 0 Å². The van der Waals surface area contributed by atoms with Gasteiger partial charge in [0.2, 0.25) is 0 Å². The average molecular weight is 244 g/mol. The van der Waals surface area contributed by atoms with Gasteiger partial charge in [-0.3, -0.25) is 0 Å². The summed E-state index contributed by atoms with van der Waals surface area (Å²) < 4.78 is 5.75. The fourth-order valence-electron chi connectivity index (χ4n) is 1.93. The van der Waals surface area contributed by atoms with E-state index in [1.54, 1.807) is 0 Å². The van der Waals surface area contributed by atoms with Gasteiger partial charge in [-0.05, 0) is 36.5 Å². The maximum absolute atomic E-state index is 5.75. The molecule has 3 rings (SSSR count). The molecule has 0 aliphatic heterocycles. The number of hydrogen-bond acceptors (Lipinski definition) is 3. The van der Waals surface area contributed by atoms with Crippen LogP contribution >= 0.6 is 0 Å². The van der Waals surface area contributed by atoms with Crippen molar-refractivity contribution < 1.29 is 4.42 Å². The van der Waals surface area contributed by atoms with Crippen molar-refractivity contribution in [1.82, 2.24) is 4.98 Å². The SMILES string of the molecule is CC(C)(C)CNc1ccc2oc(C3CC3)nc2c1. The van der Waals surface area contributed by atoms with Crippen LogP contribution in [0.15, 0.2) is 22.6 Å². The minimum absolute atomic E-state index is 0.276. The summed E-state index contributed by atoms with van der Waals surface area (Å²) in [4.78, 5) is 4.57. The molecule has 0 unspecified atom stereocenters. The Bertz CT molecular complexity index is 561. The highest BCUT2D eigenvalue weighted by Gasteiger charge is 2.28. The molecule has 1 heterocycles. The normalized spacial score (nSPS) is 16.2. The van der Waals surface area contributed by atoms with Gasteiger partial charge < -0.3 is 9.73 Å². The molecule has 2 aromatic rings. The summed E-state index contributed by atoms with van der Waals surface area (Å²) in [5, 5.41) is 3.45. The zero-order chi connectivity index (χ0) is 12.8. The van der Waals surface area contributed by atoms with E-state index in [1.165, 1.54) is 12.8 Å². The molecule has 3 nitrogen and oxygen atoms in total. The number of hydrogen-bond donors (Lipinski definition) is 1. The van der Waals surface area contributed by atoms with Crippen LogP contribution in [0, 0.1) is 5.41 Å². The van der Waals surface area contributed by atoms with E-state index in [4.69, 9.17) is 4.42 Å². The quantitative estimate of drug-likeness (QED) is 0.880. The molecule has 96 valence electrons. The Balaban J connectivity index is 1.81. The second-order valence-electron chi connectivity index (χ2n) is 6.42. The first-order chi connectivity index (χ1) is 8.51. The van der Waals surface area contributed by atoms with Crippen LogP contribution in [0.3, 0.4) is 0 Å². The second kappa shape index (κ2) is 4.01. The van der Waals surface area contributed by atoms with Gasteiger partial charge in [0, 0.05) is 18.2 Å². The standard InChI is InChI=1S/C15H20N2O/c1-15(2,3)9-16-11-6-7-13-12(8-11)17-14(18-13)10-4-5-10/h6-8,10,16H,4-5,9H2,1-3H3. The molecule has 0 radical (unpaired) electrons. The Morgan fingerprint density at radius 3 is 2.78 bits per heavy atom. The zero-order valence-electron chi connectivity index (χ0n) is 11.3. The largest absolute Gasteiger partial charge is 0.440 e. The van der Waals surface area contributed by atoms with E-state index in [-0.39, 0.29) is 5.41 Å². The lowest BCUT2D eigenvalue weighted by Gasteiger charge is -2.19. The molecule has 1 aromatic heterocycles. The summed E-state index contributed by atoms with van der Waals surface area (Å²) in [5.41, 5.74) is 3.26. The van der Waals surface area contributed by atoms with Crippen LogP contribution in [0.25, 0.3) is 11.1 Å². The van der Waals surface area contributed by atoms with Crippen LogP contribution in [0.2, 0.25) is 0 Å². The van der Waals surface area contributed by atoms with Crippen LogP contribution in [-0.4, -0.2) is 11.5 Å². The molecule has 0 bridgehead atoms. The van der Waals surface area contributed by atoms with Crippen LogP contribution < -0.4 is 5.32 Å². The van der Waals surface area contributed by atoms with E-state index in [1.807, 2.05) is 6.07 Å². The highest BCUT2D eigenvalue weighted by Crippen LogP contribution is 2.40. The fourth-order valence-corrected chi connectivity index (χ4v) is 1.93. The third kappa shape index (κ3) is 2.50. The predicted octanol–water partition coefficient (Wildman–Crippen LogP) is 4.16. The van der Waals surface area contributed by atoms with Gasteiger partial charge in [-0.15, -0.1) is 0 Å². The van der Waals surface area contributed by atoms with Crippen molar-refractivity contribution in [3.8, 4) is 0 Å². The van der Waals surface area contributed by atoms with Gasteiger partial charge in [-0.25, -0.2) is 4.98 Å². The number of nitrogens with one attached hydrogen (secondary N) is 1. The fraction of sp³-hybridized carbons (Fsp3) is 0.533. The van der Waals surface area contributed by atoms with Gasteiger partial charge in [0.25, 0.3) is 0 Å². The van der Waals surface area contributed by atoms with Crippen molar-refractivity contribution in [3.05, 3.63) is 24.1 Å². The summed E-state index contributed by atoms with van der Waals surface area (Å²) in [7, 11) is 0. The van der Waals surface area contributed by atoms with Gasteiger partial charge in [0.1, 0.15) is 5.52 Å². The molecular weight excluding hydrogens is 224 g/mol. The molecule has 0 spiro atoms. The lowest BCUT2D eigenvalue weighted by Crippen LogP contribution is -2.18. The first kappa shape index (κ1) is 11.6. The smallest absolute Gasteiger partial charge is 0.198 e. The molecule has 18 heavy (non-hydrogen) atoms. The van der Waals surface area contributed by atoms with E-state index >= 15 is 0 Å². The van der Waals surface area contributed by atoms with Crippen LogP contribution in [0.1, 0.15) is 45.4 Å². The summed E-state index contributed by atoms with van der Waals surface area (Å²) in [6.45, 7) is 7.62. The zero-order valence-corrected chi connectivity index (χ0v) is 11.3. The monoisotopic (exact) mass is 244 g/mol. The second-order valence-corrected chi connectivity index (χ2v) is 6.42. The lowest BCUT2D eigenvalue weighted by atomic mass is 9.97. The van der Waals surface area contributed by atoms with Gasteiger partial charge in [-0.2, -0.15) is 0 Å². The number of anilines is 1. The Labute approximate surface area is 108 Å². The Hall–Kier alpha value is -1.51. The van der Waals surface area contributed by atoms with Gasteiger partial charge in [0.15, 0.2) is 11.5 Å². The lowest BCUT2D eigenvalue weighted by molar-refractivity contribution is 0.443. The number of benzene rings is 1. The molecule has 1 fully saturated rings.